The van der Waals surface area contributed by atoms with Crippen LogP contribution in [-0.4, -0.2) is 19.6 Å². The summed E-state index contributed by atoms with van der Waals surface area (Å²) in [6.07, 6.45) is 1.64. The molecule has 0 saturated carbocycles. The third-order valence-electron chi connectivity index (χ3n) is 1.63. The Morgan fingerprint density at radius 1 is 1.69 bits per heavy atom. The molecular weight excluding hydrogens is 170 g/mol. The minimum atomic E-state index is -1.11. The van der Waals surface area contributed by atoms with Crippen LogP contribution in [0.4, 0.5) is 11.5 Å². The molecule has 70 valence electrons. The summed E-state index contributed by atoms with van der Waals surface area (Å²) in [5.74, 6) is -0.579. The first-order valence-corrected chi connectivity index (χ1v) is 3.78. The van der Waals surface area contributed by atoms with Crippen molar-refractivity contribution in [2.24, 2.45) is 0 Å². The normalized spacial score (nSPS) is 9.62. The summed E-state index contributed by atoms with van der Waals surface area (Å²) in [5, 5.41) is 10.3. The second-order valence-electron chi connectivity index (χ2n) is 2.73. The van der Waals surface area contributed by atoms with Crippen LogP contribution < -0.4 is 20.7 Å². The molecule has 3 N–H and O–H groups in total. The number of nitrogen functional groups attached to an aromatic ring is 1. The highest BCUT2D eigenvalue weighted by atomic mass is 16.4. The zero-order valence-corrected chi connectivity index (χ0v) is 7.28. The van der Waals surface area contributed by atoms with E-state index in [0.29, 0.717) is 5.82 Å². The lowest BCUT2D eigenvalue weighted by Crippen LogP contribution is -2.36. The molecule has 0 aliphatic carbocycles. The molecule has 0 amide bonds. The van der Waals surface area contributed by atoms with Crippen molar-refractivity contribution < 1.29 is 14.9 Å². The van der Waals surface area contributed by atoms with E-state index in [9.17, 15) is 9.90 Å². The number of H-pyrrole nitrogens is 1. The van der Waals surface area contributed by atoms with Crippen molar-refractivity contribution in [1.29, 1.82) is 0 Å². The van der Waals surface area contributed by atoms with E-state index in [1.54, 1.807) is 30.3 Å². The van der Waals surface area contributed by atoms with E-state index >= 15 is 0 Å². The van der Waals surface area contributed by atoms with Gasteiger partial charge in [0.1, 0.15) is 6.20 Å². The van der Waals surface area contributed by atoms with Crippen LogP contribution in [0.2, 0.25) is 0 Å². The van der Waals surface area contributed by atoms with Gasteiger partial charge in [0.25, 0.3) is 5.82 Å². The summed E-state index contributed by atoms with van der Waals surface area (Å²) in [5.41, 5.74) is 6.17. The lowest BCUT2D eigenvalue weighted by molar-refractivity contribution is -0.359. The maximum absolute atomic E-state index is 10.3. The Hall–Kier alpha value is -1.78. The summed E-state index contributed by atoms with van der Waals surface area (Å²) in [6, 6.07) is 3.40. The van der Waals surface area contributed by atoms with Crippen molar-refractivity contribution >= 4 is 17.5 Å². The van der Waals surface area contributed by atoms with Crippen molar-refractivity contribution in [3.8, 4) is 0 Å². The molecular formula is C8H11N3O2. The molecule has 0 spiro atoms. The van der Waals surface area contributed by atoms with Gasteiger partial charge in [-0.1, -0.05) is 0 Å². The molecule has 0 aromatic carbocycles. The van der Waals surface area contributed by atoms with E-state index in [0.717, 1.165) is 5.69 Å². The Morgan fingerprint density at radius 3 is 2.85 bits per heavy atom. The van der Waals surface area contributed by atoms with E-state index in [1.165, 1.54) is 0 Å². The zero-order chi connectivity index (χ0) is 9.84. The summed E-state index contributed by atoms with van der Waals surface area (Å²) < 4.78 is 0. The number of carbonyl (C=O) groups is 1. The summed E-state index contributed by atoms with van der Waals surface area (Å²) in [6.45, 7) is -0.141. The highest BCUT2D eigenvalue weighted by Crippen LogP contribution is 2.08. The number of carbonyl (C=O) groups excluding carboxylic acids is 1. The van der Waals surface area contributed by atoms with Gasteiger partial charge in [-0.25, -0.2) is 4.98 Å². The first-order valence-electron chi connectivity index (χ1n) is 3.78. The fourth-order valence-corrected chi connectivity index (χ4v) is 0.951. The SMILES string of the molecule is CN(CC(=O)[O-])c1ccc(N)[nH+]c1. The first kappa shape index (κ1) is 9.31. The summed E-state index contributed by atoms with van der Waals surface area (Å²) >= 11 is 0. The Balaban J connectivity index is 2.71. The zero-order valence-electron chi connectivity index (χ0n) is 7.28. The van der Waals surface area contributed by atoms with Crippen LogP contribution >= 0.6 is 0 Å². The van der Waals surface area contributed by atoms with Crippen LogP contribution in [0.1, 0.15) is 0 Å². The molecule has 13 heavy (non-hydrogen) atoms. The molecule has 1 aromatic heterocycles. The third kappa shape index (κ3) is 2.62. The van der Waals surface area contributed by atoms with Crippen LogP contribution in [0.5, 0.6) is 0 Å². The predicted octanol–water partition coefficient (Wildman–Crippen LogP) is -1.73. The third-order valence-corrected chi connectivity index (χ3v) is 1.63. The smallest absolute Gasteiger partial charge is 0.270 e. The number of likely N-dealkylation sites (N-methyl/N-ethyl adjacent to an activating group) is 1. The number of aliphatic carboxylic acids is 1. The average molecular weight is 181 g/mol. The maximum atomic E-state index is 10.3. The van der Waals surface area contributed by atoms with Gasteiger partial charge in [0.15, 0.2) is 0 Å². The molecule has 0 unspecified atom stereocenters. The number of hydrogen-bond acceptors (Lipinski definition) is 4. The maximum Gasteiger partial charge on any atom is 0.270 e. The highest BCUT2D eigenvalue weighted by Gasteiger charge is 2.02. The summed E-state index contributed by atoms with van der Waals surface area (Å²) in [7, 11) is 1.66. The van der Waals surface area contributed by atoms with Gasteiger partial charge in [0, 0.05) is 13.1 Å². The molecule has 5 nitrogen and oxygen atoms in total. The second kappa shape index (κ2) is 3.75. The minimum Gasteiger partial charge on any atom is -0.548 e. The van der Waals surface area contributed by atoms with E-state index in [-0.39, 0.29) is 6.54 Å². The molecule has 0 fully saturated rings. The number of aromatic amines is 1. The van der Waals surface area contributed by atoms with Gasteiger partial charge in [-0.3, -0.25) is 5.73 Å². The number of nitrogens with one attached hydrogen (secondary N) is 1. The van der Waals surface area contributed by atoms with Crippen LogP contribution in [0.3, 0.4) is 0 Å². The number of nitrogens with zero attached hydrogens (tertiary/aromatic N) is 1. The van der Waals surface area contributed by atoms with Crippen molar-refractivity contribution in [2.45, 2.75) is 0 Å². The Bertz CT molecular complexity index is 297. The number of carboxylic acid groups (broad SMARTS) is 1. The largest absolute Gasteiger partial charge is 0.548 e. The highest BCUT2D eigenvalue weighted by molar-refractivity contribution is 5.71. The fourth-order valence-electron chi connectivity index (χ4n) is 0.951. The quantitative estimate of drug-likeness (QED) is 0.600. The average Bonchev–Trinajstić information content (AvgIpc) is 2.04. The standard InChI is InChI=1S/C8H11N3O2/c1-11(5-8(12)13)6-2-3-7(9)10-4-6/h2-4H,5H2,1H3,(H2,9,10)(H,12,13). The monoisotopic (exact) mass is 181 g/mol. The Labute approximate surface area is 75.8 Å². The second-order valence-corrected chi connectivity index (χ2v) is 2.73. The first-order chi connectivity index (χ1) is 6.09. The van der Waals surface area contributed by atoms with Crippen LogP contribution in [0.25, 0.3) is 0 Å². The molecule has 0 aliphatic heterocycles. The van der Waals surface area contributed by atoms with Crippen LogP contribution in [0.15, 0.2) is 18.3 Å². The Morgan fingerprint density at radius 2 is 2.38 bits per heavy atom. The van der Waals surface area contributed by atoms with Crippen molar-refractivity contribution in [1.82, 2.24) is 0 Å². The minimum absolute atomic E-state index is 0.141. The van der Waals surface area contributed by atoms with Gasteiger partial charge < -0.3 is 14.8 Å². The number of carboxylic acids is 1. The van der Waals surface area contributed by atoms with E-state index in [1.807, 2.05) is 0 Å². The van der Waals surface area contributed by atoms with Gasteiger partial charge in [-0.2, -0.15) is 0 Å². The van der Waals surface area contributed by atoms with Gasteiger partial charge in [-0.05, 0) is 6.07 Å². The molecule has 1 rings (SSSR count). The lowest BCUT2D eigenvalue weighted by atomic mass is 10.3. The molecule has 1 aromatic rings. The topological polar surface area (TPSA) is 83.5 Å². The van der Waals surface area contributed by atoms with Crippen molar-refractivity contribution in [2.75, 3.05) is 24.2 Å². The van der Waals surface area contributed by atoms with E-state index in [4.69, 9.17) is 5.73 Å². The molecule has 5 heteroatoms. The van der Waals surface area contributed by atoms with Gasteiger partial charge in [0.2, 0.25) is 0 Å². The molecule has 0 bridgehead atoms. The molecule has 0 saturated heterocycles. The molecule has 1 heterocycles. The molecule has 0 radical (unpaired) electrons. The number of nitrogens with two attached hydrogens (primary N) is 1. The number of pyridine rings is 1. The molecule has 0 atom stereocenters. The number of rotatable bonds is 3. The number of anilines is 2. The fraction of sp³-hybridized carbons (Fsp3) is 0.250. The lowest BCUT2D eigenvalue weighted by Gasteiger charge is -2.18. The van der Waals surface area contributed by atoms with Gasteiger partial charge in [0.05, 0.1) is 18.2 Å². The van der Waals surface area contributed by atoms with Crippen molar-refractivity contribution in [3.05, 3.63) is 18.3 Å². The van der Waals surface area contributed by atoms with Crippen LogP contribution in [0, 0.1) is 0 Å². The predicted molar refractivity (Wildman–Crippen MR) is 45.7 cm³/mol. The van der Waals surface area contributed by atoms with Crippen molar-refractivity contribution in [3.63, 3.8) is 0 Å². The van der Waals surface area contributed by atoms with Gasteiger partial charge >= 0.3 is 0 Å². The number of hydrogen-bond donors (Lipinski definition) is 1. The van der Waals surface area contributed by atoms with Gasteiger partial charge in [-0.15, -0.1) is 0 Å². The van der Waals surface area contributed by atoms with Crippen LogP contribution in [-0.2, 0) is 4.79 Å². The van der Waals surface area contributed by atoms with E-state index < -0.39 is 5.97 Å². The van der Waals surface area contributed by atoms with E-state index in [2.05, 4.69) is 4.98 Å². The summed E-state index contributed by atoms with van der Waals surface area (Å²) in [4.78, 5) is 14.6. The Kier molecular flexibility index (Phi) is 2.69. The molecule has 0 aliphatic rings. The number of aromatic nitrogens is 1.